The van der Waals surface area contributed by atoms with Crippen molar-refractivity contribution < 1.29 is 46.8 Å². The maximum absolute atomic E-state index is 13.7. The highest BCUT2D eigenvalue weighted by atomic mass is 19.1. The van der Waals surface area contributed by atoms with E-state index < -0.39 is 35.5 Å². The molecular formula is C30H20F4O6. The molecule has 2 N–H and O–H groups in total. The molecule has 40 heavy (non-hydrogen) atoms. The van der Waals surface area contributed by atoms with Gasteiger partial charge in [-0.1, -0.05) is 0 Å². The minimum absolute atomic E-state index is 0.0112. The van der Waals surface area contributed by atoms with Crippen LogP contribution in [0.1, 0.15) is 56.9 Å². The number of aromatic hydroxyl groups is 2. The average Bonchev–Trinajstić information content (AvgIpc) is 2.92. The van der Waals surface area contributed by atoms with Gasteiger partial charge in [0.05, 0.1) is 24.0 Å². The maximum Gasteiger partial charge on any atom is 0.170 e. The van der Waals surface area contributed by atoms with Crippen LogP contribution in [0, 0.1) is 23.3 Å². The fraction of sp³-hybridized carbons (Fsp3) is 0.133. The summed E-state index contributed by atoms with van der Waals surface area (Å²) in [6, 6.07) is 14.3. The van der Waals surface area contributed by atoms with Gasteiger partial charge in [0.1, 0.15) is 58.5 Å². The lowest BCUT2D eigenvalue weighted by Crippen LogP contribution is -2.21. The Bertz CT molecular complexity index is 1520. The Hall–Kier alpha value is -4.86. The number of phenols is 2. The molecule has 6 nitrogen and oxygen atoms in total. The van der Waals surface area contributed by atoms with E-state index in [4.69, 9.17) is 9.47 Å². The number of carbonyl (C=O) groups is 2. The number of hydrogen-bond acceptors (Lipinski definition) is 6. The first kappa shape index (κ1) is 26.7. The minimum atomic E-state index is -0.866. The van der Waals surface area contributed by atoms with Gasteiger partial charge in [0, 0.05) is 11.1 Å². The summed E-state index contributed by atoms with van der Waals surface area (Å²) in [7, 11) is 0. The summed E-state index contributed by atoms with van der Waals surface area (Å²) < 4.78 is 64.9. The van der Waals surface area contributed by atoms with Crippen molar-refractivity contribution in [3.8, 4) is 23.0 Å². The Morgan fingerprint density at radius 2 is 0.975 bits per heavy atom. The number of hydrogen-bond donors (Lipinski definition) is 2. The molecule has 2 heterocycles. The molecule has 0 aliphatic carbocycles. The van der Waals surface area contributed by atoms with Crippen molar-refractivity contribution in [2.75, 3.05) is 0 Å². The fourth-order valence-electron chi connectivity index (χ4n) is 4.49. The van der Waals surface area contributed by atoms with Gasteiger partial charge < -0.3 is 19.7 Å². The van der Waals surface area contributed by atoms with Crippen LogP contribution in [-0.2, 0) is 0 Å². The van der Waals surface area contributed by atoms with Crippen LogP contribution in [-0.4, -0.2) is 21.8 Å². The standard InChI is InChI=1S/2C15H10F2O3/c2*16-8-1-3-12(17)10(5-8)15-7-13(19)11-6-9(18)2-4-14(11)20-15/h2*1-6,15,18H,7H2. The van der Waals surface area contributed by atoms with Gasteiger partial charge >= 0.3 is 0 Å². The van der Waals surface area contributed by atoms with Gasteiger partial charge in [-0.25, -0.2) is 17.6 Å². The molecule has 0 radical (unpaired) electrons. The summed E-state index contributed by atoms with van der Waals surface area (Å²) in [4.78, 5) is 24.0. The second-order valence-corrected chi connectivity index (χ2v) is 9.16. The Balaban J connectivity index is 0.000000161. The zero-order chi connectivity index (χ0) is 28.6. The van der Waals surface area contributed by atoms with Crippen LogP contribution < -0.4 is 9.47 Å². The number of fused-ring (bicyclic) bond motifs is 2. The summed E-state index contributed by atoms with van der Waals surface area (Å²) in [6.07, 6.45) is -1.93. The van der Waals surface area contributed by atoms with Crippen LogP contribution in [0.2, 0.25) is 0 Å². The number of benzene rings is 4. The largest absolute Gasteiger partial charge is 0.508 e. The lowest BCUT2D eigenvalue weighted by molar-refractivity contribution is 0.0835. The number of ketones is 2. The lowest BCUT2D eigenvalue weighted by Gasteiger charge is -2.25. The topological polar surface area (TPSA) is 93.1 Å². The molecule has 0 amide bonds. The number of phenolic OH excluding ortho intramolecular Hbond substituents is 2. The van der Waals surface area contributed by atoms with Crippen molar-refractivity contribution in [2.45, 2.75) is 25.0 Å². The van der Waals surface area contributed by atoms with E-state index >= 15 is 0 Å². The van der Waals surface area contributed by atoms with Crippen molar-refractivity contribution in [3.63, 3.8) is 0 Å². The van der Waals surface area contributed by atoms with Crippen LogP contribution in [0.5, 0.6) is 23.0 Å². The van der Waals surface area contributed by atoms with E-state index in [1.165, 1.54) is 36.4 Å². The van der Waals surface area contributed by atoms with Crippen molar-refractivity contribution in [1.29, 1.82) is 0 Å². The van der Waals surface area contributed by atoms with E-state index in [1.54, 1.807) is 0 Å². The van der Waals surface area contributed by atoms with Gasteiger partial charge in [0.2, 0.25) is 0 Å². The molecule has 0 bridgehead atoms. The quantitative estimate of drug-likeness (QED) is 0.267. The molecule has 10 heteroatoms. The van der Waals surface area contributed by atoms with E-state index in [0.29, 0.717) is 0 Å². The third-order valence-corrected chi connectivity index (χ3v) is 6.42. The molecular weight excluding hydrogens is 532 g/mol. The van der Waals surface area contributed by atoms with Gasteiger partial charge in [-0.15, -0.1) is 0 Å². The average molecular weight is 552 g/mol. The molecule has 2 unspecified atom stereocenters. The van der Waals surface area contributed by atoms with Gasteiger partial charge in [-0.05, 0) is 72.8 Å². The summed E-state index contributed by atoms with van der Waals surface area (Å²) >= 11 is 0. The molecule has 4 aromatic rings. The number of ether oxygens (including phenoxy) is 2. The molecule has 0 fully saturated rings. The van der Waals surface area contributed by atoms with Gasteiger partial charge in [0.25, 0.3) is 0 Å². The number of Topliss-reactive ketones (excluding diaryl/α,β-unsaturated/α-hetero) is 2. The Morgan fingerprint density at radius 1 is 0.575 bits per heavy atom. The monoisotopic (exact) mass is 552 g/mol. The van der Waals surface area contributed by atoms with E-state index in [9.17, 15) is 37.4 Å². The van der Waals surface area contributed by atoms with Crippen molar-refractivity contribution in [1.82, 2.24) is 0 Å². The van der Waals surface area contributed by atoms with Crippen molar-refractivity contribution in [2.24, 2.45) is 0 Å². The highest BCUT2D eigenvalue weighted by Gasteiger charge is 2.31. The van der Waals surface area contributed by atoms with Crippen LogP contribution in [0.15, 0.2) is 72.8 Å². The summed E-state index contributed by atoms with van der Waals surface area (Å²) in [5.74, 6) is -2.56. The van der Waals surface area contributed by atoms with E-state index in [-0.39, 0.29) is 69.7 Å². The van der Waals surface area contributed by atoms with Crippen molar-refractivity contribution >= 4 is 11.6 Å². The molecule has 2 atom stereocenters. The molecule has 0 aromatic heterocycles. The highest BCUT2D eigenvalue weighted by Crippen LogP contribution is 2.38. The molecule has 0 spiro atoms. The van der Waals surface area contributed by atoms with Crippen LogP contribution in [0.3, 0.4) is 0 Å². The summed E-state index contributed by atoms with van der Waals surface area (Å²) in [5, 5.41) is 18.7. The number of halogens is 4. The SMILES string of the molecule is O=C1CC(c2cc(F)ccc2F)Oc2ccc(O)cc21.O=C1CC(c2cc(F)ccc2F)Oc2ccc(O)cc21. The van der Waals surface area contributed by atoms with Crippen LogP contribution in [0.4, 0.5) is 17.6 Å². The second-order valence-electron chi connectivity index (χ2n) is 9.16. The van der Waals surface area contributed by atoms with E-state index in [1.807, 2.05) is 0 Å². The molecule has 6 rings (SSSR count). The number of carbonyl (C=O) groups excluding carboxylic acids is 2. The predicted molar refractivity (Wildman–Crippen MR) is 134 cm³/mol. The van der Waals surface area contributed by atoms with E-state index in [2.05, 4.69) is 0 Å². The molecule has 4 aromatic carbocycles. The summed E-state index contributed by atoms with van der Waals surface area (Å²) in [5.41, 5.74) is 0.519. The fourth-order valence-corrected chi connectivity index (χ4v) is 4.49. The first-order valence-corrected chi connectivity index (χ1v) is 12.0. The van der Waals surface area contributed by atoms with Gasteiger partial charge in [-0.2, -0.15) is 0 Å². The van der Waals surface area contributed by atoms with Crippen LogP contribution in [0.25, 0.3) is 0 Å². The molecule has 0 saturated carbocycles. The maximum atomic E-state index is 13.7. The van der Waals surface area contributed by atoms with Gasteiger partial charge in [-0.3, -0.25) is 9.59 Å². The zero-order valence-corrected chi connectivity index (χ0v) is 20.5. The predicted octanol–water partition coefficient (Wildman–Crippen LogP) is 6.75. The smallest absolute Gasteiger partial charge is 0.170 e. The molecule has 0 saturated heterocycles. The van der Waals surface area contributed by atoms with Crippen molar-refractivity contribution in [3.05, 3.63) is 118 Å². The number of rotatable bonds is 2. The van der Waals surface area contributed by atoms with Crippen LogP contribution >= 0.6 is 0 Å². The molecule has 2 aliphatic heterocycles. The molecule has 204 valence electrons. The third kappa shape index (κ3) is 5.47. The van der Waals surface area contributed by atoms with Gasteiger partial charge in [0.15, 0.2) is 11.6 Å². The second kappa shape index (κ2) is 10.7. The normalized spacial score (nSPS) is 17.5. The highest BCUT2D eigenvalue weighted by molar-refractivity contribution is 6.01. The third-order valence-electron chi connectivity index (χ3n) is 6.42. The zero-order valence-electron chi connectivity index (χ0n) is 20.5. The Morgan fingerprint density at radius 3 is 1.38 bits per heavy atom. The molecule has 2 aliphatic rings. The summed E-state index contributed by atoms with van der Waals surface area (Å²) in [6.45, 7) is 0. The Labute approximate surface area is 225 Å². The first-order valence-electron chi connectivity index (χ1n) is 12.0. The van der Waals surface area contributed by atoms with E-state index in [0.717, 1.165) is 36.4 Å². The lowest BCUT2D eigenvalue weighted by atomic mass is 9.96. The first-order chi connectivity index (χ1) is 19.1. The Kier molecular flexibility index (Phi) is 7.17. The minimum Gasteiger partial charge on any atom is -0.508 e.